The highest BCUT2D eigenvalue weighted by molar-refractivity contribution is 6.30. The highest BCUT2D eigenvalue weighted by Gasteiger charge is 2.18. The van der Waals surface area contributed by atoms with Gasteiger partial charge in [0.2, 0.25) is 0 Å². The Hall–Kier alpha value is -2.20. The van der Waals surface area contributed by atoms with E-state index < -0.39 is 6.10 Å². The SMILES string of the molecule is CC[C@@H](Oc1cccc(Cl)c1)C(=O)NCCOc1cc(C)cc(C)c1. The number of carbonyl (C=O) groups excluding carboxylic acids is 1. The number of ether oxygens (including phenoxy) is 2. The topological polar surface area (TPSA) is 47.6 Å². The van der Waals surface area contributed by atoms with Crippen LogP contribution in [0.5, 0.6) is 11.5 Å². The summed E-state index contributed by atoms with van der Waals surface area (Å²) in [6.45, 7) is 6.78. The smallest absolute Gasteiger partial charge is 0.261 e. The molecule has 0 unspecified atom stereocenters. The van der Waals surface area contributed by atoms with E-state index in [1.54, 1.807) is 24.3 Å². The second kappa shape index (κ2) is 9.33. The van der Waals surface area contributed by atoms with E-state index in [1.807, 2.05) is 32.9 Å². The normalized spacial score (nSPS) is 11.7. The van der Waals surface area contributed by atoms with Crippen LogP contribution >= 0.6 is 11.6 Å². The third kappa shape index (κ3) is 6.31. The third-order valence-corrected chi connectivity index (χ3v) is 3.84. The predicted octanol–water partition coefficient (Wildman–Crippen LogP) is 4.31. The lowest BCUT2D eigenvalue weighted by Crippen LogP contribution is -2.39. The summed E-state index contributed by atoms with van der Waals surface area (Å²) in [7, 11) is 0. The number of amides is 1. The zero-order valence-electron chi connectivity index (χ0n) is 14.8. The van der Waals surface area contributed by atoms with Crippen LogP contribution in [0, 0.1) is 13.8 Å². The Labute approximate surface area is 154 Å². The van der Waals surface area contributed by atoms with E-state index in [-0.39, 0.29) is 5.91 Å². The van der Waals surface area contributed by atoms with Crippen LogP contribution in [-0.4, -0.2) is 25.2 Å². The first-order valence-electron chi connectivity index (χ1n) is 8.39. The molecule has 2 aromatic rings. The molecule has 2 aromatic carbocycles. The highest BCUT2D eigenvalue weighted by atomic mass is 35.5. The fraction of sp³-hybridized carbons (Fsp3) is 0.350. The molecule has 0 fully saturated rings. The van der Waals surface area contributed by atoms with Gasteiger partial charge in [0.1, 0.15) is 18.1 Å². The number of benzene rings is 2. The van der Waals surface area contributed by atoms with Crippen molar-refractivity contribution in [2.75, 3.05) is 13.2 Å². The molecule has 0 spiro atoms. The third-order valence-electron chi connectivity index (χ3n) is 3.60. The van der Waals surface area contributed by atoms with Gasteiger partial charge >= 0.3 is 0 Å². The summed E-state index contributed by atoms with van der Waals surface area (Å²) in [4.78, 5) is 12.3. The minimum Gasteiger partial charge on any atom is -0.492 e. The molecule has 2 rings (SSSR count). The molecular weight excluding hydrogens is 338 g/mol. The van der Waals surface area contributed by atoms with Crippen molar-refractivity contribution in [3.8, 4) is 11.5 Å². The summed E-state index contributed by atoms with van der Waals surface area (Å²) in [5.74, 6) is 1.24. The van der Waals surface area contributed by atoms with Gasteiger partial charge in [0.15, 0.2) is 6.10 Å². The van der Waals surface area contributed by atoms with Gasteiger partial charge in [0.25, 0.3) is 5.91 Å². The van der Waals surface area contributed by atoms with Crippen LogP contribution in [0.15, 0.2) is 42.5 Å². The summed E-state index contributed by atoms with van der Waals surface area (Å²) in [5, 5.41) is 3.42. The zero-order chi connectivity index (χ0) is 18.2. The number of carbonyl (C=O) groups is 1. The van der Waals surface area contributed by atoms with E-state index in [0.717, 1.165) is 16.9 Å². The van der Waals surface area contributed by atoms with Crippen molar-refractivity contribution in [3.05, 3.63) is 58.6 Å². The second-order valence-electron chi connectivity index (χ2n) is 5.94. The zero-order valence-corrected chi connectivity index (χ0v) is 15.6. The minimum atomic E-state index is -0.556. The van der Waals surface area contributed by atoms with Crippen LogP contribution in [0.25, 0.3) is 0 Å². The van der Waals surface area contributed by atoms with Crippen LogP contribution in [-0.2, 0) is 4.79 Å². The summed E-state index contributed by atoms with van der Waals surface area (Å²) in [5.41, 5.74) is 2.31. The maximum atomic E-state index is 12.3. The van der Waals surface area contributed by atoms with Crippen LogP contribution in [0.3, 0.4) is 0 Å². The van der Waals surface area contributed by atoms with Crippen molar-refractivity contribution in [2.45, 2.75) is 33.3 Å². The molecular formula is C20H24ClNO3. The van der Waals surface area contributed by atoms with Crippen molar-refractivity contribution >= 4 is 17.5 Å². The number of rotatable bonds is 8. The summed E-state index contributed by atoms with van der Waals surface area (Å²) < 4.78 is 11.4. The van der Waals surface area contributed by atoms with E-state index in [0.29, 0.717) is 30.3 Å². The molecule has 0 radical (unpaired) electrons. The first-order chi connectivity index (χ1) is 12.0. The van der Waals surface area contributed by atoms with Gasteiger partial charge in [-0.1, -0.05) is 30.7 Å². The van der Waals surface area contributed by atoms with Crippen LogP contribution < -0.4 is 14.8 Å². The average molecular weight is 362 g/mol. The molecule has 1 N–H and O–H groups in total. The second-order valence-corrected chi connectivity index (χ2v) is 6.37. The number of nitrogens with one attached hydrogen (secondary N) is 1. The molecule has 1 atom stereocenters. The first kappa shape index (κ1) is 19.1. The van der Waals surface area contributed by atoms with Crippen molar-refractivity contribution in [1.82, 2.24) is 5.32 Å². The van der Waals surface area contributed by atoms with Crippen molar-refractivity contribution in [2.24, 2.45) is 0 Å². The quantitative estimate of drug-likeness (QED) is 0.713. The predicted molar refractivity (Wildman–Crippen MR) is 101 cm³/mol. The fourth-order valence-electron chi connectivity index (χ4n) is 2.50. The Morgan fingerprint density at radius 1 is 1.12 bits per heavy atom. The van der Waals surface area contributed by atoms with Gasteiger partial charge in [-0.2, -0.15) is 0 Å². The standard InChI is InChI=1S/C20H24ClNO3/c1-4-19(25-17-7-5-6-16(21)13-17)20(23)22-8-9-24-18-11-14(2)10-15(3)12-18/h5-7,10-13,19H,4,8-9H2,1-3H3,(H,22,23)/t19-/m1/s1. The summed E-state index contributed by atoms with van der Waals surface area (Å²) >= 11 is 5.94. The molecule has 0 saturated carbocycles. The first-order valence-corrected chi connectivity index (χ1v) is 8.76. The largest absolute Gasteiger partial charge is 0.492 e. The molecule has 0 aliphatic heterocycles. The van der Waals surface area contributed by atoms with Crippen molar-refractivity contribution < 1.29 is 14.3 Å². The molecule has 5 heteroatoms. The van der Waals surface area contributed by atoms with Crippen molar-refractivity contribution in [1.29, 1.82) is 0 Å². The molecule has 1 amide bonds. The molecule has 0 aliphatic carbocycles. The molecule has 0 aliphatic rings. The lowest BCUT2D eigenvalue weighted by atomic mass is 10.1. The molecule has 0 aromatic heterocycles. The summed E-state index contributed by atoms with van der Waals surface area (Å²) in [6.07, 6.45) is 0.00990. The Bertz CT molecular complexity index is 698. The van der Waals surface area contributed by atoms with Gasteiger partial charge in [0.05, 0.1) is 6.54 Å². The van der Waals surface area contributed by atoms with E-state index in [4.69, 9.17) is 21.1 Å². The molecule has 134 valence electrons. The average Bonchev–Trinajstić information content (AvgIpc) is 2.55. The maximum Gasteiger partial charge on any atom is 0.261 e. The van der Waals surface area contributed by atoms with Gasteiger partial charge in [-0.25, -0.2) is 0 Å². The minimum absolute atomic E-state index is 0.161. The number of aryl methyl sites for hydroxylation is 2. The maximum absolute atomic E-state index is 12.3. The number of halogens is 1. The number of hydrogen-bond acceptors (Lipinski definition) is 3. The Kier molecular flexibility index (Phi) is 7.14. The van der Waals surface area contributed by atoms with E-state index in [1.165, 1.54) is 0 Å². The summed E-state index contributed by atoms with van der Waals surface area (Å²) in [6, 6.07) is 13.1. The molecule has 0 heterocycles. The van der Waals surface area contributed by atoms with Crippen molar-refractivity contribution in [3.63, 3.8) is 0 Å². The molecule has 25 heavy (non-hydrogen) atoms. The van der Waals surface area contributed by atoms with Crippen LogP contribution in [0.1, 0.15) is 24.5 Å². The molecule has 0 saturated heterocycles. The van der Waals surface area contributed by atoms with E-state index >= 15 is 0 Å². The molecule has 0 bridgehead atoms. The van der Waals surface area contributed by atoms with Crippen LogP contribution in [0.2, 0.25) is 5.02 Å². The monoisotopic (exact) mass is 361 g/mol. The van der Waals surface area contributed by atoms with Crippen LogP contribution in [0.4, 0.5) is 0 Å². The Morgan fingerprint density at radius 3 is 2.48 bits per heavy atom. The van der Waals surface area contributed by atoms with Gasteiger partial charge in [0, 0.05) is 5.02 Å². The van der Waals surface area contributed by atoms with E-state index in [9.17, 15) is 4.79 Å². The number of hydrogen-bond donors (Lipinski definition) is 1. The van der Waals surface area contributed by atoms with Gasteiger partial charge in [-0.15, -0.1) is 0 Å². The molecule has 4 nitrogen and oxygen atoms in total. The van der Waals surface area contributed by atoms with E-state index in [2.05, 4.69) is 11.4 Å². The van der Waals surface area contributed by atoms with Gasteiger partial charge in [-0.05, 0) is 61.7 Å². The van der Waals surface area contributed by atoms with Gasteiger partial charge < -0.3 is 14.8 Å². The highest BCUT2D eigenvalue weighted by Crippen LogP contribution is 2.19. The Morgan fingerprint density at radius 2 is 1.84 bits per heavy atom. The van der Waals surface area contributed by atoms with Gasteiger partial charge in [-0.3, -0.25) is 4.79 Å². The Balaban J connectivity index is 1.79. The lowest BCUT2D eigenvalue weighted by molar-refractivity contribution is -0.128. The lowest BCUT2D eigenvalue weighted by Gasteiger charge is -2.17. The fourth-order valence-corrected chi connectivity index (χ4v) is 2.68.